The summed E-state index contributed by atoms with van der Waals surface area (Å²) in [4.78, 5) is 0. The molecular formula is H5BrNOPt. The minimum absolute atomic E-state index is 0. The van der Waals surface area contributed by atoms with Gasteiger partial charge < -0.3 is 23.1 Å². The standard InChI is InChI=1S/BrH.H3N.H2O.Pt/h1H;1H3;1H2;/q;;;+1/p-1. The molecule has 0 rings (SSSR count). The molecule has 0 spiro atoms. The van der Waals surface area contributed by atoms with Gasteiger partial charge in [-0.2, -0.15) is 0 Å². The molecule has 0 aromatic rings. The molecule has 0 fully saturated rings. The summed E-state index contributed by atoms with van der Waals surface area (Å²) in [7, 11) is 0. The first-order valence-electron chi connectivity index (χ1n) is 0.141. The molecule has 0 saturated carbocycles. The van der Waals surface area contributed by atoms with Crippen LogP contribution in [0.3, 0.4) is 0 Å². The average molecular weight is 310 g/mol. The van der Waals surface area contributed by atoms with E-state index in [1.54, 1.807) is 0 Å². The van der Waals surface area contributed by atoms with Crippen molar-refractivity contribution in [2.24, 2.45) is 0 Å². The van der Waals surface area contributed by atoms with Gasteiger partial charge in [0.05, 0.1) is 0 Å². The molecule has 0 radical (unpaired) electrons. The quantitative estimate of drug-likeness (QED) is 0.487. The van der Waals surface area contributed by atoms with E-state index in [1.165, 1.54) is 0 Å². The first-order chi connectivity index (χ1) is 1.00. The van der Waals surface area contributed by atoms with Crippen LogP contribution in [0.4, 0.5) is 0 Å². The molecule has 0 bridgehead atoms. The van der Waals surface area contributed by atoms with Crippen molar-refractivity contribution in [2.45, 2.75) is 0 Å². The van der Waals surface area contributed by atoms with E-state index in [4.69, 9.17) is 3.76 Å². The zero-order chi connectivity index (χ0) is 2.00. The number of rotatable bonds is 0. The van der Waals surface area contributed by atoms with Gasteiger partial charge in [-0.05, 0) is 0 Å². The van der Waals surface area contributed by atoms with Gasteiger partial charge in [0, 0.05) is 0 Å². The van der Waals surface area contributed by atoms with E-state index in [0.29, 0.717) is 0 Å². The Labute approximate surface area is 47.3 Å². The van der Waals surface area contributed by atoms with Crippen LogP contribution in [0.1, 0.15) is 0 Å². The number of hydrogen-bond acceptors (Lipinski definition) is 1. The van der Waals surface area contributed by atoms with Crippen molar-refractivity contribution in [2.75, 3.05) is 0 Å². The molecule has 0 aliphatic rings. The van der Waals surface area contributed by atoms with Gasteiger partial charge in [-0.3, -0.25) is 0 Å². The fourth-order valence-corrected chi connectivity index (χ4v) is 0. The summed E-state index contributed by atoms with van der Waals surface area (Å²) in [6, 6.07) is 0. The second-order valence-corrected chi connectivity index (χ2v) is 0. The molecule has 33 valence electrons. The van der Waals surface area contributed by atoms with E-state index in [1.807, 2.05) is 0 Å². The summed E-state index contributed by atoms with van der Waals surface area (Å²) >= 11 is 1.14. The predicted molar refractivity (Wildman–Crippen MR) is 8.20 cm³/mol. The van der Waals surface area contributed by atoms with E-state index in [2.05, 4.69) is 0 Å². The van der Waals surface area contributed by atoms with Crippen LogP contribution in [-0.2, 0) is 20.2 Å². The van der Waals surface area contributed by atoms with Crippen molar-refractivity contribution in [1.82, 2.24) is 6.15 Å². The van der Waals surface area contributed by atoms with E-state index in [-0.39, 0.29) is 23.1 Å². The molecule has 0 saturated heterocycles. The van der Waals surface area contributed by atoms with Crippen molar-refractivity contribution in [3.8, 4) is 0 Å². The Kier molecular flexibility index (Phi) is 161. The van der Waals surface area contributed by atoms with Crippen LogP contribution >= 0.6 is 0 Å². The van der Waals surface area contributed by atoms with Crippen LogP contribution in [0.15, 0.2) is 0 Å². The Morgan fingerprint density at radius 1 is 1.25 bits per heavy atom. The Hall–Kier alpha value is 1.09. The molecule has 0 aromatic carbocycles. The van der Waals surface area contributed by atoms with E-state index < -0.39 is 0 Å². The zero-order valence-electron chi connectivity index (χ0n) is 2.14. The van der Waals surface area contributed by atoms with Gasteiger partial charge in [0.25, 0.3) is 0 Å². The second kappa shape index (κ2) is 32.9. The Morgan fingerprint density at radius 2 is 1.25 bits per heavy atom. The van der Waals surface area contributed by atoms with Gasteiger partial charge in [-0.15, -0.1) is 0 Å². The molecule has 2 nitrogen and oxygen atoms in total. The first kappa shape index (κ1) is 19.5. The normalized spacial score (nSPS) is 1.75. The molecule has 0 unspecified atom stereocenters. The average Bonchev–Trinajstić information content (AvgIpc) is 1.00. The molecule has 0 amide bonds. The topological polar surface area (TPSA) is 56.7 Å². The third kappa shape index (κ3) is 11.4. The SMILES string of the molecule is [Br-].[NH4+].[OH][Pt]. The third-order valence-corrected chi connectivity index (χ3v) is 0. The van der Waals surface area contributed by atoms with Crippen LogP contribution in [0.25, 0.3) is 0 Å². The minimum atomic E-state index is 0. The van der Waals surface area contributed by atoms with Crippen LogP contribution < -0.4 is 23.1 Å². The maximum atomic E-state index is 6.97. The van der Waals surface area contributed by atoms with E-state index in [9.17, 15) is 0 Å². The van der Waals surface area contributed by atoms with Gasteiger partial charge in [-0.1, -0.05) is 0 Å². The van der Waals surface area contributed by atoms with Gasteiger partial charge in [0.1, 0.15) is 0 Å². The molecule has 4 heteroatoms. The van der Waals surface area contributed by atoms with Crippen molar-refractivity contribution >= 4 is 0 Å². The molecule has 0 aliphatic heterocycles. The van der Waals surface area contributed by atoms with Gasteiger partial charge in [0.2, 0.25) is 0 Å². The monoisotopic (exact) mass is 309 g/mol. The molecule has 4 heavy (non-hydrogen) atoms. The van der Waals surface area contributed by atoms with Gasteiger partial charge >= 0.3 is 24.0 Å². The fourth-order valence-electron chi connectivity index (χ4n) is 0. The third-order valence-electron chi connectivity index (χ3n) is 0. The second-order valence-electron chi connectivity index (χ2n) is 0. The zero-order valence-corrected chi connectivity index (χ0v) is 6.00. The summed E-state index contributed by atoms with van der Waals surface area (Å²) in [5, 5.41) is 0. The number of halogens is 1. The van der Waals surface area contributed by atoms with Crippen molar-refractivity contribution in [1.29, 1.82) is 0 Å². The number of hydrogen-bond donors (Lipinski definition) is 2. The van der Waals surface area contributed by atoms with Crippen LogP contribution in [0.5, 0.6) is 0 Å². The molecule has 0 aliphatic carbocycles. The van der Waals surface area contributed by atoms with Crippen molar-refractivity contribution in [3.05, 3.63) is 0 Å². The molecule has 5 N–H and O–H groups in total. The maximum absolute atomic E-state index is 6.97. The van der Waals surface area contributed by atoms with Gasteiger partial charge in [-0.25, -0.2) is 0 Å². The first-order valence-corrected chi connectivity index (χ1v) is 1.16. The van der Waals surface area contributed by atoms with Gasteiger partial charge in [0.15, 0.2) is 0 Å². The van der Waals surface area contributed by atoms with Crippen molar-refractivity contribution in [3.63, 3.8) is 0 Å². The fraction of sp³-hybridized carbons (Fsp3) is 0. The molecule has 0 atom stereocenters. The summed E-state index contributed by atoms with van der Waals surface area (Å²) in [5.74, 6) is 0. The summed E-state index contributed by atoms with van der Waals surface area (Å²) in [6.07, 6.45) is 0. The van der Waals surface area contributed by atoms with E-state index >= 15 is 0 Å². The molecule has 0 heterocycles. The molecular weight excluding hydrogens is 305 g/mol. The Bertz CT molecular complexity index is 8.00. The van der Waals surface area contributed by atoms with Crippen LogP contribution in [0.2, 0.25) is 0 Å². The van der Waals surface area contributed by atoms with Crippen LogP contribution in [0, 0.1) is 0 Å². The predicted octanol–water partition coefficient (Wildman–Crippen LogP) is -3.18. The Morgan fingerprint density at radius 3 is 1.25 bits per heavy atom. The summed E-state index contributed by atoms with van der Waals surface area (Å²) in [6.45, 7) is 0. The van der Waals surface area contributed by atoms with E-state index in [0.717, 1.165) is 20.2 Å². The van der Waals surface area contributed by atoms with Crippen molar-refractivity contribution < 1.29 is 40.9 Å². The summed E-state index contributed by atoms with van der Waals surface area (Å²) in [5.41, 5.74) is 0. The molecule has 0 aromatic heterocycles. The van der Waals surface area contributed by atoms with Crippen LogP contribution in [-0.4, -0.2) is 3.76 Å². The number of quaternary nitrogens is 1. The Balaban J connectivity index is -0.00000000500. The summed E-state index contributed by atoms with van der Waals surface area (Å²) < 4.78 is 6.97.